The molecule has 0 aliphatic carbocycles. The second-order valence-corrected chi connectivity index (χ2v) is 3.99. The number of nitrogens with zero attached hydrogens (tertiary/aromatic N) is 2. The van der Waals surface area contributed by atoms with Crippen molar-refractivity contribution in [3.63, 3.8) is 0 Å². The molecule has 0 bridgehead atoms. The Balaban J connectivity index is 2.76. The standard InChI is InChI=1S/C12H20N4O/c1-4-7-14-12(13)15-8-10-6-5-9(2)16(3)11(10)17/h5-6H,4,7-8H2,1-3H3,(H3,13,14,15). The van der Waals surface area contributed by atoms with Gasteiger partial charge in [-0.25, -0.2) is 4.99 Å². The van der Waals surface area contributed by atoms with Crippen LogP contribution in [0, 0.1) is 6.92 Å². The monoisotopic (exact) mass is 236 g/mol. The molecule has 0 aliphatic rings. The van der Waals surface area contributed by atoms with E-state index in [2.05, 4.69) is 17.2 Å². The molecular formula is C12H20N4O. The van der Waals surface area contributed by atoms with Crippen LogP contribution >= 0.6 is 0 Å². The van der Waals surface area contributed by atoms with E-state index in [0.29, 0.717) is 18.1 Å². The largest absolute Gasteiger partial charge is 0.370 e. The van der Waals surface area contributed by atoms with Crippen LogP contribution in [0.1, 0.15) is 24.6 Å². The lowest BCUT2D eigenvalue weighted by atomic mass is 10.2. The van der Waals surface area contributed by atoms with Crippen LogP contribution in [-0.4, -0.2) is 17.1 Å². The van der Waals surface area contributed by atoms with E-state index in [0.717, 1.165) is 18.7 Å². The van der Waals surface area contributed by atoms with E-state index in [1.165, 1.54) is 0 Å². The zero-order valence-corrected chi connectivity index (χ0v) is 10.7. The molecule has 0 amide bonds. The van der Waals surface area contributed by atoms with Gasteiger partial charge in [0.05, 0.1) is 6.54 Å². The molecule has 5 heteroatoms. The molecule has 0 saturated heterocycles. The predicted molar refractivity (Wildman–Crippen MR) is 70.0 cm³/mol. The molecule has 1 rings (SSSR count). The van der Waals surface area contributed by atoms with Crippen molar-refractivity contribution in [3.05, 3.63) is 33.7 Å². The van der Waals surface area contributed by atoms with Crippen LogP contribution in [0.4, 0.5) is 0 Å². The summed E-state index contributed by atoms with van der Waals surface area (Å²) in [5, 5.41) is 2.97. The van der Waals surface area contributed by atoms with Crippen molar-refractivity contribution in [3.8, 4) is 0 Å². The van der Waals surface area contributed by atoms with Gasteiger partial charge in [0.25, 0.3) is 5.56 Å². The normalized spacial score (nSPS) is 11.6. The van der Waals surface area contributed by atoms with Crippen molar-refractivity contribution >= 4 is 5.96 Å². The number of guanidine groups is 1. The van der Waals surface area contributed by atoms with Crippen LogP contribution in [0.3, 0.4) is 0 Å². The molecule has 17 heavy (non-hydrogen) atoms. The van der Waals surface area contributed by atoms with E-state index < -0.39 is 0 Å². The topological polar surface area (TPSA) is 72.4 Å². The first-order valence-electron chi connectivity index (χ1n) is 5.75. The van der Waals surface area contributed by atoms with E-state index in [1.54, 1.807) is 17.7 Å². The van der Waals surface area contributed by atoms with E-state index >= 15 is 0 Å². The van der Waals surface area contributed by atoms with Crippen molar-refractivity contribution in [1.29, 1.82) is 0 Å². The van der Waals surface area contributed by atoms with Crippen LogP contribution in [0.5, 0.6) is 0 Å². The van der Waals surface area contributed by atoms with Crippen molar-refractivity contribution in [2.45, 2.75) is 26.8 Å². The third-order valence-electron chi connectivity index (χ3n) is 2.61. The molecule has 0 fully saturated rings. The summed E-state index contributed by atoms with van der Waals surface area (Å²) < 4.78 is 1.61. The van der Waals surface area contributed by atoms with Crippen molar-refractivity contribution < 1.29 is 0 Å². The summed E-state index contributed by atoms with van der Waals surface area (Å²) in [5.41, 5.74) is 7.22. The summed E-state index contributed by atoms with van der Waals surface area (Å²) in [6, 6.07) is 3.70. The SMILES string of the molecule is CCCNC(N)=NCc1ccc(C)n(C)c1=O. The Bertz CT molecular complexity index is 462. The second-order valence-electron chi connectivity index (χ2n) is 3.99. The van der Waals surface area contributed by atoms with Gasteiger partial charge < -0.3 is 15.6 Å². The molecule has 0 aliphatic heterocycles. The summed E-state index contributed by atoms with van der Waals surface area (Å²) in [5.74, 6) is 0.384. The smallest absolute Gasteiger partial charge is 0.255 e. The number of nitrogens with one attached hydrogen (secondary N) is 1. The summed E-state index contributed by atoms with van der Waals surface area (Å²) in [4.78, 5) is 16.0. The first-order chi connectivity index (χ1) is 8.06. The minimum absolute atomic E-state index is 0.0166. The number of aryl methyl sites for hydroxylation is 1. The van der Waals surface area contributed by atoms with Crippen molar-refractivity contribution in [2.24, 2.45) is 17.8 Å². The van der Waals surface area contributed by atoms with Gasteiger partial charge in [-0.15, -0.1) is 0 Å². The molecular weight excluding hydrogens is 216 g/mol. The molecule has 94 valence electrons. The zero-order chi connectivity index (χ0) is 12.8. The summed E-state index contributed by atoms with van der Waals surface area (Å²) in [6.45, 7) is 5.05. The number of hydrogen-bond donors (Lipinski definition) is 2. The van der Waals surface area contributed by atoms with Crippen LogP contribution in [-0.2, 0) is 13.6 Å². The fraction of sp³-hybridized carbons (Fsp3) is 0.500. The number of nitrogens with two attached hydrogens (primary N) is 1. The minimum Gasteiger partial charge on any atom is -0.370 e. The third kappa shape index (κ3) is 3.62. The van der Waals surface area contributed by atoms with Crippen LogP contribution < -0.4 is 16.6 Å². The first kappa shape index (κ1) is 13.3. The van der Waals surface area contributed by atoms with Gasteiger partial charge in [0.2, 0.25) is 0 Å². The number of aromatic nitrogens is 1. The molecule has 1 aromatic rings. The molecule has 0 radical (unpaired) electrons. The third-order valence-corrected chi connectivity index (χ3v) is 2.61. The highest BCUT2D eigenvalue weighted by atomic mass is 16.1. The van der Waals surface area contributed by atoms with E-state index in [4.69, 9.17) is 5.73 Å². The fourth-order valence-electron chi connectivity index (χ4n) is 1.38. The fourth-order valence-corrected chi connectivity index (χ4v) is 1.38. The molecule has 3 N–H and O–H groups in total. The molecule has 0 unspecified atom stereocenters. The molecule has 0 aromatic carbocycles. The molecule has 0 spiro atoms. The maximum Gasteiger partial charge on any atom is 0.255 e. The maximum absolute atomic E-state index is 11.8. The lowest BCUT2D eigenvalue weighted by molar-refractivity contribution is 0.789. The highest BCUT2D eigenvalue weighted by molar-refractivity contribution is 5.77. The molecule has 0 saturated carbocycles. The van der Waals surface area contributed by atoms with Gasteiger partial charge in [-0.05, 0) is 25.5 Å². The number of hydrogen-bond acceptors (Lipinski definition) is 2. The average molecular weight is 236 g/mol. The van der Waals surface area contributed by atoms with Crippen LogP contribution in [0.15, 0.2) is 21.9 Å². The lowest BCUT2D eigenvalue weighted by Gasteiger charge is -2.06. The van der Waals surface area contributed by atoms with E-state index in [1.807, 2.05) is 13.0 Å². The molecule has 1 aromatic heterocycles. The number of pyridine rings is 1. The quantitative estimate of drug-likeness (QED) is 0.591. The van der Waals surface area contributed by atoms with Crippen molar-refractivity contribution in [1.82, 2.24) is 9.88 Å². The van der Waals surface area contributed by atoms with Crippen LogP contribution in [0.25, 0.3) is 0 Å². The Hall–Kier alpha value is -1.78. The van der Waals surface area contributed by atoms with Crippen LogP contribution in [0.2, 0.25) is 0 Å². The van der Waals surface area contributed by atoms with E-state index in [9.17, 15) is 4.79 Å². The Labute approximate surface area is 101 Å². The lowest BCUT2D eigenvalue weighted by Crippen LogP contribution is -2.32. The minimum atomic E-state index is -0.0166. The average Bonchev–Trinajstić information content (AvgIpc) is 2.32. The summed E-state index contributed by atoms with van der Waals surface area (Å²) >= 11 is 0. The summed E-state index contributed by atoms with van der Waals surface area (Å²) in [6.07, 6.45) is 0.989. The van der Waals surface area contributed by atoms with Gasteiger partial charge in [-0.2, -0.15) is 0 Å². The van der Waals surface area contributed by atoms with Gasteiger partial charge in [-0.3, -0.25) is 4.79 Å². The second kappa shape index (κ2) is 6.08. The number of aliphatic imine (C=N–C) groups is 1. The molecule has 1 heterocycles. The van der Waals surface area contributed by atoms with Gasteiger partial charge >= 0.3 is 0 Å². The number of rotatable bonds is 4. The maximum atomic E-state index is 11.8. The zero-order valence-electron chi connectivity index (χ0n) is 10.7. The first-order valence-corrected chi connectivity index (χ1v) is 5.75. The van der Waals surface area contributed by atoms with E-state index in [-0.39, 0.29) is 5.56 Å². The van der Waals surface area contributed by atoms with Gasteiger partial charge in [0.15, 0.2) is 5.96 Å². The van der Waals surface area contributed by atoms with Crippen molar-refractivity contribution in [2.75, 3.05) is 6.54 Å². The molecule has 5 nitrogen and oxygen atoms in total. The Morgan fingerprint density at radius 1 is 1.53 bits per heavy atom. The highest BCUT2D eigenvalue weighted by Gasteiger charge is 2.02. The van der Waals surface area contributed by atoms with Gasteiger partial charge in [-0.1, -0.05) is 6.92 Å². The molecule has 0 atom stereocenters. The predicted octanol–water partition coefficient (Wildman–Crippen LogP) is 0.508. The highest BCUT2D eigenvalue weighted by Crippen LogP contribution is 1.98. The van der Waals surface area contributed by atoms with Gasteiger partial charge in [0.1, 0.15) is 0 Å². The Kier molecular flexibility index (Phi) is 4.75. The Morgan fingerprint density at radius 2 is 2.24 bits per heavy atom. The Morgan fingerprint density at radius 3 is 2.88 bits per heavy atom. The van der Waals surface area contributed by atoms with Gasteiger partial charge in [0, 0.05) is 24.8 Å². The summed E-state index contributed by atoms with van der Waals surface area (Å²) in [7, 11) is 1.75.